The second-order valence-electron chi connectivity index (χ2n) is 28.0. The fourth-order valence-corrected chi connectivity index (χ4v) is 15.3. The molecule has 0 radical (unpaired) electrons. The fourth-order valence-electron chi connectivity index (χ4n) is 15.1. The van der Waals surface area contributed by atoms with Crippen LogP contribution in [0.4, 0.5) is 0 Å². The quantitative estimate of drug-likeness (QED) is 0.314. The summed E-state index contributed by atoms with van der Waals surface area (Å²) in [5.41, 5.74) is -1.16. The molecule has 7 rings (SSSR count). The molecule has 1 spiro atoms. The van der Waals surface area contributed by atoms with Gasteiger partial charge in [-0.3, -0.25) is 57.5 Å². The molecule has 3 heterocycles. The SMILES string of the molecule is CC[C@H](C)[C@@H]1NC(=O)[C@H](C)N(C)C(=O)C[C@@H](C(=O)N2CCCCC2)N(C)C(=O)[C@H](C2CCCCC2)N(C)C(=O)C2(CCCC2)NC(=O)C2CCCN2C(=O)[C@H](C(OC)c2ccccc2Cl)NC(=O)CN(C)C(=O)[C@H](CC2CCCCC2)N(C)C(=O)CN(C)C(=O)CN(C)C1=O. The van der Waals surface area contributed by atoms with E-state index in [9.17, 15) is 38.4 Å². The molecular weight excluding hydrogens is 1240 g/mol. The Morgan fingerprint density at radius 1 is 0.611 bits per heavy atom. The molecule has 528 valence electrons. The lowest BCUT2D eigenvalue weighted by atomic mass is 9.81. The third-order valence-corrected chi connectivity index (χ3v) is 21.8. The summed E-state index contributed by atoms with van der Waals surface area (Å²) in [6.45, 7) is 4.43. The van der Waals surface area contributed by atoms with Gasteiger partial charge in [-0.1, -0.05) is 114 Å². The number of benzene rings is 1. The van der Waals surface area contributed by atoms with Crippen molar-refractivity contribution in [3.8, 4) is 0 Å². The second kappa shape index (κ2) is 34.4. The first kappa shape index (κ1) is 75.5. The first-order chi connectivity index (χ1) is 45.2. The molecule has 3 saturated carbocycles. The highest BCUT2D eigenvalue weighted by atomic mass is 35.5. The van der Waals surface area contributed by atoms with E-state index in [1.54, 1.807) is 43.1 Å². The Kier molecular flexibility index (Phi) is 27.3. The third-order valence-electron chi connectivity index (χ3n) is 21.5. The van der Waals surface area contributed by atoms with E-state index in [1.165, 1.54) is 85.7 Å². The van der Waals surface area contributed by atoms with E-state index in [-0.39, 0.29) is 49.1 Å². The summed E-state index contributed by atoms with van der Waals surface area (Å²) in [5, 5.41) is 9.04. The van der Waals surface area contributed by atoms with Gasteiger partial charge in [0.2, 0.25) is 70.9 Å². The predicted octanol–water partition coefficient (Wildman–Crippen LogP) is 4.13. The van der Waals surface area contributed by atoms with E-state index in [0.29, 0.717) is 70.0 Å². The molecule has 9 atom stereocenters. The van der Waals surface area contributed by atoms with Gasteiger partial charge in [0.1, 0.15) is 53.9 Å². The highest BCUT2D eigenvalue weighted by molar-refractivity contribution is 6.31. The molecule has 1 aromatic carbocycles. The summed E-state index contributed by atoms with van der Waals surface area (Å²) >= 11 is 6.80. The number of rotatable bonds is 9. The molecule has 3 saturated heterocycles. The van der Waals surface area contributed by atoms with Crippen molar-refractivity contribution in [3.63, 3.8) is 0 Å². The number of halogens is 1. The van der Waals surface area contributed by atoms with Crippen molar-refractivity contribution in [2.24, 2.45) is 17.8 Å². The number of likely N-dealkylation sites (tertiary alicyclic amines) is 1. The average molecular weight is 1350 g/mol. The minimum atomic E-state index is -1.52. The molecule has 26 heteroatoms. The summed E-state index contributed by atoms with van der Waals surface area (Å²) < 4.78 is 6.03. The van der Waals surface area contributed by atoms with Gasteiger partial charge in [-0.25, -0.2) is 0 Å². The lowest BCUT2D eigenvalue weighted by Crippen LogP contribution is -2.65. The third kappa shape index (κ3) is 18.2. The van der Waals surface area contributed by atoms with Gasteiger partial charge in [0.15, 0.2) is 0 Å². The normalized spacial score (nSPS) is 27.8. The smallest absolute Gasteiger partial charge is 0.248 e. The van der Waals surface area contributed by atoms with Gasteiger partial charge in [-0.2, -0.15) is 0 Å². The Morgan fingerprint density at radius 2 is 1.21 bits per heavy atom. The molecule has 0 aromatic heterocycles. The molecule has 6 fully saturated rings. The van der Waals surface area contributed by atoms with Gasteiger partial charge >= 0.3 is 0 Å². The lowest BCUT2D eigenvalue weighted by molar-refractivity contribution is -0.157. The van der Waals surface area contributed by atoms with Crippen molar-refractivity contribution < 1.29 is 62.3 Å². The van der Waals surface area contributed by atoms with Gasteiger partial charge in [-0.15, -0.1) is 0 Å². The Morgan fingerprint density at radius 3 is 1.83 bits per heavy atom. The Balaban J connectivity index is 1.28. The van der Waals surface area contributed by atoms with Crippen molar-refractivity contribution in [1.82, 2.24) is 60.0 Å². The first-order valence-corrected chi connectivity index (χ1v) is 35.1. The van der Waals surface area contributed by atoms with E-state index in [2.05, 4.69) is 16.0 Å². The zero-order valence-electron chi connectivity index (χ0n) is 58.2. The number of carbonyl (C=O) groups is 12. The van der Waals surface area contributed by atoms with Crippen LogP contribution in [0.2, 0.25) is 5.02 Å². The molecule has 95 heavy (non-hydrogen) atoms. The molecule has 25 nitrogen and oxygen atoms in total. The highest BCUT2D eigenvalue weighted by Gasteiger charge is 2.52. The number of fused-ring (bicyclic) bond motifs is 1. The van der Waals surface area contributed by atoms with Crippen LogP contribution in [0.1, 0.15) is 174 Å². The standard InChI is InChI=1S/C69H107ClN12O13/c1-12-44(2)57-65(91)76(6)42-55(85)74(4)43-56(86)78(8)51(39-46-27-16-13-17-28-46)63(89)75(5)41-53(83)71-58(60(95-11)48-31-20-21-32-49(48)70)66(92)82-38-26-33-50(82)62(88)73-69(34-22-23-35-69)68(94)80(10)59(47-29-18-14-19-30-47)67(93)79(9)52(64(90)81-36-24-15-25-37-81)40-54(84)77(7)45(3)61(87)72-57/h20-21,31-32,44-47,50-52,57-60H,12-19,22-30,33-43H2,1-11H3,(H,71,83)(H,72,87)(H,73,88)/t44-,45-,50?,51-,52-,57-,58-,59-,60?/m0/s1. The van der Waals surface area contributed by atoms with Crippen molar-refractivity contribution in [2.45, 2.75) is 216 Å². The maximum Gasteiger partial charge on any atom is 0.248 e. The highest BCUT2D eigenvalue weighted by Crippen LogP contribution is 2.38. The Hall–Kier alpha value is -6.89. The maximum atomic E-state index is 15.7. The lowest BCUT2D eigenvalue weighted by Gasteiger charge is -2.43. The number of hydrogen-bond acceptors (Lipinski definition) is 13. The van der Waals surface area contributed by atoms with Gasteiger partial charge in [0, 0.05) is 86.7 Å². The number of nitrogens with one attached hydrogen (secondary N) is 3. The Labute approximate surface area is 566 Å². The zero-order chi connectivity index (χ0) is 69.6. The predicted molar refractivity (Wildman–Crippen MR) is 356 cm³/mol. The largest absolute Gasteiger partial charge is 0.374 e. The second-order valence-corrected chi connectivity index (χ2v) is 28.4. The molecule has 0 bridgehead atoms. The van der Waals surface area contributed by atoms with Crippen LogP contribution < -0.4 is 16.0 Å². The van der Waals surface area contributed by atoms with Gasteiger partial charge in [0.05, 0.1) is 26.1 Å². The van der Waals surface area contributed by atoms with Crippen LogP contribution in [-0.2, 0) is 62.3 Å². The van der Waals surface area contributed by atoms with Crippen LogP contribution in [0.3, 0.4) is 0 Å². The number of ether oxygens (including phenoxy) is 1. The summed E-state index contributed by atoms with van der Waals surface area (Å²) in [5.74, 6) is -8.08. The first-order valence-electron chi connectivity index (χ1n) is 34.7. The maximum absolute atomic E-state index is 15.7. The molecule has 3 aliphatic heterocycles. The monoisotopic (exact) mass is 1350 g/mol. The molecular formula is C69H107ClN12O13. The summed E-state index contributed by atoms with van der Waals surface area (Å²) in [7, 11) is 11.5. The zero-order valence-corrected chi connectivity index (χ0v) is 58.9. The van der Waals surface area contributed by atoms with Crippen LogP contribution in [-0.4, -0.2) is 259 Å². The fraction of sp³-hybridized carbons (Fsp3) is 0.739. The van der Waals surface area contributed by atoms with Crippen LogP contribution in [0.5, 0.6) is 0 Å². The van der Waals surface area contributed by atoms with Crippen LogP contribution in [0.15, 0.2) is 24.3 Å². The van der Waals surface area contributed by atoms with E-state index < -0.39 is 157 Å². The minimum absolute atomic E-state index is 0.0631. The number of methoxy groups -OCH3 is 1. The van der Waals surface area contributed by atoms with Crippen molar-refractivity contribution >= 4 is 82.5 Å². The summed E-state index contributed by atoms with van der Waals surface area (Å²) in [6.07, 6.45) is 11.6. The molecule has 2 unspecified atom stereocenters. The van der Waals surface area contributed by atoms with Gasteiger partial charge < -0.3 is 64.8 Å². The average Bonchev–Trinajstić information content (AvgIpc) is 1.76. The molecule has 3 N–H and O–H groups in total. The molecule has 6 aliphatic rings. The topological polar surface area (TPSA) is 279 Å². The number of amides is 12. The van der Waals surface area contributed by atoms with Crippen LogP contribution in [0, 0.1) is 17.8 Å². The summed E-state index contributed by atoms with van der Waals surface area (Å²) in [4.78, 5) is 190. The van der Waals surface area contributed by atoms with Gasteiger partial charge in [-0.05, 0) is 95.0 Å². The minimum Gasteiger partial charge on any atom is -0.374 e. The number of carbonyl (C=O) groups excluding carboxylic acids is 12. The van der Waals surface area contributed by atoms with Crippen molar-refractivity contribution in [1.29, 1.82) is 0 Å². The van der Waals surface area contributed by atoms with Crippen LogP contribution in [0.25, 0.3) is 0 Å². The van der Waals surface area contributed by atoms with E-state index in [1.807, 2.05) is 6.92 Å². The van der Waals surface area contributed by atoms with E-state index >= 15 is 19.2 Å². The molecule has 12 amide bonds. The molecule has 3 aliphatic carbocycles. The van der Waals surface area contributed by atoms with Crippen molar-refractivity contribution in [3.05, 3.63) is 34.9 Å². The number of piperidine rings is 1. The number of hydrogen-bond donors (Lipinski definition) is 3. The molecule has 1 aromatic rings. The van der Waals surface area contributed by atoms with Gasteiger partial charge in [0.25, 0.3) is 0 Å². The summed E-state index contributed by atoms with van der Waals surface area (Å²) in [6, 6.07) is -1.92. The van der Waals surface area contributed by atoms with Crippen molar-refractivity contribution in [2.75, 3.05) is 95.7 Å². The van der Waals surface area contributed by atoms with E-state index in [0.717, 1.165) is 67.6 Å². The number of nitrogens with zero attached hydrogens (tertiary/aromatic N) is 9. The Bertz CT molecular complexity index is 2930. The van der Waals surface area contributed by atoms with E-state index in [4.69, 9.17) is 16.3 Å². The van der Waals surface area contributed by atoms with Crippen LogP contribution >= 0.6 is 11.6 Å². The number of likely N-dealkylation sites (N-methyl/N-ethyl adjacent to an activating group) is 7.